The molecule has 126 heavy (non-hydrogen) atoms. The molecule has 17 rings (SSSR count). The second kappa shape index (κ2) is 31.6. The van der Waals surface area contributed by atoms with E-state index < -0.39 is 118 Å². The Hall–Kier alpha value is -10.9. The number of fused-ring (bicyclic) bond motifs is 10. The van der Waals surface area contributed by atoms with Crippen LogP contribution in [-0.2, 0) is 55.5 Å². The second-order valence-electron chi connectivity index (χ2n) is 44.9. The van der Waals surface area contributed by atoms with Crippen LogP contribution in [0.1, 0.15) is 264 Å². The molecule has 2 aromatic heterocycles. The molecule has 0 N–H and O–H groups in total. The molecule has 2 aliphatic heterocycles. The van der Waals surface area contributed by atoms with Crippen LogP contribution in [0.15, 0.2) is 255 Å². The van der Waals surface area contributed by atoms with Crippen LogP contribution >= 0.6 is 0 Å². The molecule has 644 valence electrons. The molecular formula is C121H137BN4. The molecule has 0 bridgehead atoms. The van der Waals surface area contributed by atoms with Crippen molar-refractivity contribution < 1.29 is 27.4 Å². The fraction of sp³-hybridized carbons (Fsp3) is 0.355. The molecule has 2 aliphatic rings. The number of para-hydroxylation sites is 2. The highest BCUT2D eigenvalue weighted by molar-refractivity contribution is 7.00. The second-order valence-corrected chi connectivity index (χ2v) is 44.9. The molecule has 0 fully saturated rings. The quantitative estimate of drug-likeness (QED) is 0.0951. The number of hydrogen-bond acceptors (Lipinski definition) is 2. The largest absolute Gasteiger partial charge is 0.311 e. The first kappa shape index (κ1) is 65.7. The zero-order valence-electron chi connectivity index (χ0n) is 99.2. The average molecular weight is 1680 g/mol. The standard InChI is InChI=1S/C121H137BN4/c1-113(2,3)70-77-36-32-40-82(56-77)94-68-106(96(62-86(94)75-118(16,17)18)84-42-34-38-79(58-84)72-115(7,8)9)125-108-66-90(123-102-46-30-28-44-92(102)98-64-88(120(22,23)24)48-54-104(98)123)50-52-100(108)122-101-53-51-91(124-103-47-31-29-45-93(103)99-65-89(121(25,26)27)49-55-105(99)124)67-109(101)126(111-61-81(74-117(13,14)15)60-110(125)112(111)122)107-69-95(83-41-33-37-78(57-83)71-114(4,5)6)87(76-119(19,20)21)63-97(107)85-43-35-39-80(59-85)73-116(10,11)12/h28-69H,70-76H2,1-27H3/i28D,29D,30D,31D,44D,45D,46D,47D,70D2,71D2,72D2,73D2,75D2,76D2. The summed E-state index contributed by atoms with van der Waals surface area (Å²) >= 11 is 0. The van der Waals surface area contributed by atoms with Gasteiger partial charge in [-0.2, -0.15) is 0 Å². The molecule has 0 saturated carbocycles. The summed E-state index contributed by atoms with van der Waals surface area (Å²) < 4.78 is 206. The van der Waals surface area contributed by atoms with Gasteiger partial charge in [0, 0.05) is 83.2 Å². The first-order valence-corrected chi connectivity index (χ1v) is 45.0. The first-order chi connectivity index (χ1) is 67.0. The normalized spacial score (nSPS) is 16.7. The van der Waals surface area contributed by atoms with E-state index in [-0.39, 0.29) is 46.3 Å². The third-order valence-corrected chi connectivity index (χ3v) is 23.4. The molecule has 4 nitrogen and oxygen atoms in total. The molecule has 13 aromatic carbocycles. The molecule has 15 aromatic rings. The van der Waals surface area contributed by atoms with Crippen molar-refractivity contribution in [2.24, 2.45) is 37.9 Å². The summed E-state index contributed by atoms with van der Waals surface area (Å²) in [6.07, 6.45) is -11.9. The summed E-state index contributed by atoms with van der Waals surface area (Å²) in [6.45, 7) is 51.7. The maximum Gasteiger partial charge on any atom is 0.252 e. The van der Waals surface area contributed by atoms with Crippen molar-refractivity contribution in [2.45, 2.75) is 242 Å². The van der Waals surface area contributed by atoms with Crippen molar-refractivity contribution >= 4 is 101 Å². The number of rotatable bonds is 15. The topological polar surface area (TPSA) is 16.3 Å². The number of nitrogens with zero attached hydrogens (tertiary/aromatic N) is 4. The van der Waals surface area contributed by atoms with Crippen LogP contribution in [-0.4, -0.2) is 15.8 Å². The Balaban J connectivity index is 1.15. The third-order valence-electron chi connectivity index (χ3n) is 23.4. The van der Waals surface area contributed by atoms with E-state index in [2.05, 4.69) is 109 Å². The molecule has 0 radical (unpaired) electrons. The van der Waals surface area contributed by atoms with E-state index >= 15 is 0 Å². The van der Waals surface area contributed by atoms with Gasteiger partial charge in [0.05, 0.1) is 44.4 Å². The maximum atomic E-state index is 10.9. The fourth-order valence-corrected chi connectivity index (χ4v) is 18.7. The average Bonchev–Trinajstić information content (AvgIpc) is 0.840. The van der Waals surface area contributed by atoms with E-state index in [4.69, 9.17) is 0 Å². The molecule has 0 aliphatic carbocycles. The van der Waals surface area contributed by atoms with Crippen LogP contribution in [0.4, 0.5) is 34.1 Å². The summed E-state index contributed by atoms with van der Waals surface area (Å²) in [7, 11) is 0. The highest BCUT2D eigenvalue weighted by Gasteiger charge is 2.46. The molecule has 4 heterocycles. The SMILES string of the molecule is [2H]c1c([2H])c([2H])c2c(c1[2H])c1cc(C(C)(C)C)ccc1n2-c1ccc2c(c1)N(c1cc(-c3cccc(C([2H])([2H])C(C)(C)C)c3)c(C([2H])([2H])C(C)(C)C)cc1-c1cccc(C([2H])([2H])C(C)(C)C)c1)c1cc(CC(C)(C)C)cc3c1B2c1ccc(-n2c4ccc(C(C)(C)C)cc4c4c([2H])c([2H])c([2H])c([2H])c42)cc1N3c1cc(-c2cccc(C([2H])([2H])C(C)(C)C)c2)c(C([2H])([2H])C(C)(C)C)cc1-c1cccc(C([2H])([2H])C(C)(C)C)c1. The van der Waals surface area contributed by atoms with Gasteiger partial charge < -0.3 is 18.9 Å². The van der Waals surface area contributed by atoms with Gasteiger partial charge >= 0.3 is 0 Å². The predicted octanol–water partition coefficient (Wildman–Crippen LogP) is 32.3. The van der Waals surface area contributed by atoms with Gasteiger partial charge in [0.1, 0.15) is 0 Å². The van der Waals surface area contributed by atoms with E-state index in [9.17, 15) is 27.4 Å². The van der Waals surface area contributed by atoms with Crippen molar-refractivity contribution in [3.8, 4) is 55.9 Å². The van der Waals surface area contributed by atoms with Crippen molar-refractivity contribution in [2.75, 3.05) is 9.80 Å². The minimum atomic E-state index is -2.22. The Kier molecular flexibility index (Phi) is 16.4. The lowest BCUT2D eigenvalue weighted by molar-refractivity contribution is 0.410. The van der Waals surface area contributed by atoms with Gasteiger partial charge in [-0.1, -0.05) is 345 Å². The van der Waals surface area contributed by atoms with Crippen LogP contribution in [0.3, 0.4) is 0 Å². The van der Waals surface area contributed by atoms with Gasteiger partial charge in [0.15, 0.2) is 0 Å². The summed E-state index contributed by atoms with van der Waals surface area (Å²) in [5.41, 5.74) is 8.75. The summed E-state index contributed by atoms with van der Waals surface area (Å²) in [6, 6.07) is 63.6. The monoisotopic (exact) mass is 1680 g/mol. The van der Waals surface area contributed by atoms with Crippen molar-refractivity contribution in [3.05, 3.63) is 305 Å². The van der Waals surface area contributed by atoms with Gasteiger partial charge in [-0.05, 0) is 290 Å². The van der Waals surface area contributed by atoms with Crippen molar-refractivity contribution in [1.82, 2.24) is 9.13 Å². The smallest absolute Gasteiger partial charge is 0.252 e. The molecule has 0 atom stereocenters. The fourth-order valence-electron chi connectivity index (χ4n) is 18.7. The molecule has 0 amide bonds. The van der Waals surface area contributed by atoms with E-state index in [0.29, 0.717) is 168 Å². The molecule has 5 heteroatoms. The minimum Gasteiger partial charge on any atom is -0.311 e. The maximum absolute atomic E-state index is 10.9. The van der Waals surface area contributed by atoms with Crippen LogP contribution in [0.2, 0.25) is 0 Å². The Morgan fingerprint density at radius 1 is 0.270 bits per heavy atom. The van der Waals surface area contributed by atoms with Gasteiger partial charge in [0.2, 0.25) is 0 Å². The van der Waals surface area contributed by atoms with Crippen LogP contribution in [0, 0.1) is 37.9 Å². The lowest BCUT2D eigenvalue weighted by Gasteiger charge is -2.46. The zero-order valence-corrected chi connectivity index (χ0v) is 79.2. The lowest BCUT2D eigenvalue weighted by Crippen LogP contribution is -2.61. The summed E-state index contributed by atoms with van der Waals surface area (Å²) in [4.78, 5) is 4.46. The van der Waals surface area contributed by atoms with Crippen LogP contribution in [0.25, 0.3) is 99.5 Å². The van der Waals surface area contributed by atoms with Crippen LogP contribution < -0.4 is 26.2 Å². The van der Waals surface area contributed by atoms with Crippen LogP contribution in [0.5, 0.6) is 0 Å². The van der Waals surface area contributed by atoms with E-state index in [1.54, 1.807) is 24.3 Å². The predicted molar refractivity (Wildman–Crippen MR) is 550 cm³/mol. The Labute approximate surface area is 784 Å². The first-order valence-electron chi connectivity index (χ1n) is 55.0. The number of benzene rings is 13. The molecule has 0 unspecified atom stereocenters. The Morgan fingerprint density at radius 2 is 0.603 bits per heavy atom. The highest BCUT2D eigenvalue weighted by Crippen LogP contribution is 2.54. The van der Waals surface area contributed by atoms with Gasteiger partial charge in [-0.25, -0.2) is 0 Å². The van der Waals surface area contributed by atoms with E-state index in [1.165, 1.54) is 0 Å². The van der Waals surface area contributed by atoms with Gasteiger partial charge in [-0.15, -0.1) is 0 Å². The molecule has 0 spiro atoms. The van der Waals surface area contributed by atoms with Gasteiger partial charge in [-0.3, -0.25) is 0 Å². The number of anilines is 6. The number of aromatic nitrogens is 2. The van der Waals surface area contributed by atoms with Crippen molar-refractivity contribution in [1.29, 1.82) is 0 Å². The zero-order chi connectivity index (χ0) is 108. The molecular weight excluding hydrogens is 1520 g/mol. The van der Waals surface area contributed by atoms with Crippen molar-refractivity contribution in [3.63, 3.8) is 0 Å². The van der Waals surface area contributed by atoms with E-state index in [0.717, 1.165) is 16.7 Å². The lowest BCUT2D eigenvalue weighted by atomic mass is 9.33. The summed E-state index contributed by atoms with van der Waals surface area (Å²) in [5, 5.41) is 1.80. The molecule has 0 saturated heterocycles. The third kappa shape index (κ3) is 17.9. The summed E-state index contributed by atoms with van der Waals surface area (Å²) in [5.74, 6) is 0. The Bertz CT molecular complexity index is 7450. The van der Waals surface area contributed by atoms with E-state index in [1.807, 2.05) is 279 Å². The van der Waals surface area contributed by atoms with Gasteiger partial charge in [0.25, 0.3) is 6.71 Å². The highest BCUT2D eigenvalue weighted by atomic mass is 15.2. The number of hydrogen-bond donors (Lipinski definition) is 0. The Morgan fingerprint density at radius 3 is 0.929 bits per heavy atom. The minimum absolute atomic E-state index is 0.221.